The molecule has 0 spiro atoms. The Kier molecular flexibility index (Phi) is 3.59. The van der Waals surface area contributed by atoms with Crippen LogP contribution in [0.2, 0.25) is 5.02 Å². The highest BCUT2D eigenvalue weighted by Crippen LogP contribution is 2.17. The third-order valence-electron chi connectivity index (χ3n) is 2.34. The summed E-state index contributed by atoms with van der Waals surface area (Å²) in [5, 5.41) is 3.57. The average molecular weight is 254 g/mol. The number of hydrogen-bond donors (Lipinski definition) is 1. The first-order chi connectivity index (χ1) is 8.16. The van der Waals surface area contributed by atoms with Gasteiger partial charge in [0.1, 0.15) is 0 Å². The van der Waals surface area contributed by atoms with Crippen LogP contribution in [-0.4, -0.2) is 0 Å². The molecule has 0 radical (unpaired) electrons. The largest absolute Gasteiger partial charge is 0.381 e. The van der Waals surface area contributed by atoms with Crippen LogP contribution >= 0.6 is 11.6 Å². The molecule has 88 valence electrons. The Morgan fingerprint density at radius 1 is 1.06 bits per heavy atom. The average Bonchev–Trinajstić information content (AvgIpc) is 2.31. The summed E-state index contributed by atoms with van der Waals surface area (Å²) >= 11 is 5.81. The molecule has 0 aliphatic carbocycles. The molecule has 0 atom stereocenters. The van der Waals surface area contributed by atoms with Gasteiger partial charge in [-0.3, -0.25) is 0 Å². The van der Waals surface area contributed by atoms with E-state index in [1.54, 1.807) is 18.2 Å². The van der Waals surface area contributed by atoms with Gasteiger partial charge in [-0.1, -0.05) is 29.8 Å². The van der Waals surface area contributed by atoms with Crippen molar-refractivity contribution in [3.63, 3.8) is 0 Å². The summed E-state index contributed by atoms with van der Waals surface area (Å²) in [6.07, 6.45) is 0. The monoisotopic (exact) mass is 253 g/mol. The van der Waals surface area contributed by atoms with Crippen LogP contribution in [-0.2, 0) is 6.54 Å². The SMILES string of the molecule is Fc1cccc(CNc2cccc(Cl)c2)c1F. The van der Waals surface area contributed by atoms with Crippen molar-refractivity contribution in [2.75, 3.05) is 5.32 Å². The maximum atomic E-state index is 13.3. The van der Waals surface area contributed by atoms with E-state index in [1.165, 1.54) is 12.1 Å². The van der Waals surface area contributed by atoms with Crippen molar-refractivity contribution in [3.05, 3.63) is 64.7 Å². The molecule has 0 saturated carbocycles. The van der Waals surface area contributed by atoms with E-state index in [0.717, 1.165) is 11.8 Å². The molecular weight excluding hydrogens is 244 g/mol. The van der Waals surface area contributed by atoms with Crippen molar-refractivity contribution in [2.24, 2.45) is 0 Å². The van der Waals surface area contributed by atoms with Gasteiger partial charge in [0.25, 0.3) is 0 Å². The highest BCUT2D eigenvalue weighted by Gasteiger charge is 2.06. The first-order valence-corrected chi connectivity index (χ1v) is 5.47. The van der Waals surface area contributed by atoms with Crippen LogP contribution in [0.4, 0.5) is 14.5 Å². The second-order valence-corrected chi connectivity index (χ2v) is 4.01. The van der Waals surface area contributed by atoms with E-state index in [4.69, 9.17) is 11.6 Å². The molecular formula is C13H10ClF2N. The summed E-state index contributed by atoms with van der Waals surface area (Å²) in [5.74, 6) is -1.66. The topological polar surface area (TPSA) is 12.0 Å². The van der Waals surface area contributed by atoms with Crippen LogP contribution in [0.1, 0.15) is 5.56 Å². The fourth-order valence-corrected chi connectivity index (χ4v) is 1.67. The molecule has 0 bridgehead atoms. The summed E-state index contributed by atoms with van der Waals surface area (Å²) in [4.78, 5) is 0. The minimum Gasteiger partial charge on any atom is -0.381 e. The number of benzene rings is 2. The Morgan fingerprint density at radius 2 is 1.82 bits per heavy atom. The van der Waals surface area contributed by atoms with Crippen molar-refractivity contribution in [2.45, 2.75) is 6.54 Å². The van der Waals surface area contributed by atoms with Crippen molar-refractivity contribution >= 4 is 17.3 Å². The van der Waals surface area contributed by atoms with Crippen LogP contribution in [0.3, 0.4) is 0 Å². The summed E-state index contributed by atoms with van der Waals surface area (Å²) in [6, 6.07) is 11.2. The van der Waals surface area contributed by atoms with Gasteiger partial charge < -0.3 is 5.32 Å². The lowest BCUT2D eigenvalue weighted by Gasteiger charge is -2.08. The third-order valence-corrected chi connectivity index (χ3v) is 2.57. The minimum absolute atomic E-state index is 0.212. The Hall–Kier alpha value is -1.61. The molecule has 1 nitrogen and oxygen atoms in total. The standard InChI is InChI=1S/C13H10ClF2N/c14-10-4-2-5-11(7-10)17-8-9-3-1-6-12(15)13(9)16/h1-7,17H,8H2. The fraction of sp³-hybridized carbons (Fsp3) is 0.0769. The zero-order valence-electron chi connectivity index (χ0n) is 8.88. The number of rotatable bonds is 3. The van der Waals surface area contributed by atoms with Crippen molar-refractivity contribution in [1.29, 1.82) is 0 Å². The zero-order chi connectivity index (χ0) is 12.3. The van der Waals surface area contributed by atoms with E-state index in [1.807, 2.05) is 6.07 Å². The van der Waals surface area contributed by atoms with Gasteiger partial charge in [-0.05, 0) is 24.3 Å². The first-order valence-electron chi connectivity index (χ1n) is 5.09. The smallest absolute Gasteiger partial charge is 0.163 e. The lowest BCUT2D eigenvalue weighted by molar-refractivity contribution is 0.500. The maximum Gasteiger partial charge on any atom is 0.163 e. The maximum absolute atomic E-state index is 13.3. The fourth-order valence-electron chi connectivity index (χ4n) is 1.48. The molecule has 0 fully saturated rings. The quantitative estimate of drug-likeness (QED) is 0.863. The number of nitrogens with one attached hydrogen (secondary N) is 1. The lowest BCUT2D eigenvalue weighted by atomic mass is 10.2. The molecule has 0 heterocycles. The third kappa shape index (κ3) is 2.94. The van der Waals surface area contributed by atoms with E-state index in [-0.39, 0.29) is 12.1 Å². The first kappa shape index (κ1) is 11.9. The van der Waals surface area contributed by atoms with E-state index < -0.39 is 11.6 Å². The van der Waals surface area contributed by atoms with Gasteiger partial charge in [-0.25, -0.2) is 8.78 Å². The summed E-state index contributed by atoms with van der Waals surface area (Å²) < 4.78 is 26.3. The van der Waals surface area contributed by atoms with Gasteiger partial charge in [-0.15, -0.1) is 0 Å². The molecule has 4 heteroatoms. The van der Waals surface area contributed by atoms with Crippen molar-refractivity contribution in [1.82, 2.24) is 0 Å². The van der Waals surface area contributed by atoms with E-state index >= 15 is 0 Å². The normalized spacial score (nSPS) is 10.3. The molecule has 2 rings (SSSR count). The molecule has 1 N–H and O–H groups in total. The summed E-state index contributed by atoms with van der Waals surface area (Å²) in [6.45, 7) is 0.212. The second kappa shape index (κ2) is 5.15. The minimum atomic E-state index is -0.838. The van der Waals surface area contributed by atoms with Gasteiger partial charge in [0.05, 0.1) is 0 Å². The van der Waals surface area contributed by atoms with Crippen LogP contribution in [0.5, 0.6) is 0 Å². The predicted molar refractivity (Wildman–Crippen MR) is 65.1 cm³/mol. The summed E-state index contributed by atoms with van der Waals surface area (Å²) in [5.41, 5.74) is 1.05. The van der Waals surface area contributed by atoms with Gasteiger partial charge in [0.2, 0.25) is 0 Å². The Bertz CT molecular complexity index is 529. The summed E-state index contributed by atoms with van der Waals surface area (Å²) in [7, 11) is 0. The van der Waals surface area contributed by atoms with E-state index in [2.05, 4.69) is 5.32 Å². The van der Waals surface area contributed by atoms with Gasteiger partial charge in [0, 0.05) is 22.8 Å². The van der Waals surface area contributed by atoms with Gasteiger partial charge in [-0.2, -0.15) is 0 Å². The zero-order valence-corrected chi connectivity index (χ0v) is 9.64. The van der Waals surface area contributed by atoms with Crippen LogP contribution < -0.4 is 5.32 Å². The number of anilines is 1. The molecule has 0 amide bonds. The highest BCUT2D eigenvalue weighted by atomic mass is 35.5. The predicted octanol–water partition coefficient (Wildman–Crippen LogP) is 4.23. The second-order valence-electron chi connectivity index (χ2n) is 3.58. The van der Waals surface area contributed by atoms with Crippen molar-refractivity contribution in [3.8, 4) is 0 Å². The number of hydrogen-bond acceptors (Lipinski definition) is 1. The molecule has 0 aliphatic rings. The van der Waals surface area contributed by atoms with Gasteiger partial charge in [0.15, 0.2) is 11.6 Å². The van der Waals surface area contributed by atoms with E-state index in [0.29, 0.717) is 5.02 Å². The van der Waals surface area contributed by atoms with Crippen molar-refractivity contribution < 1.29 is 8.78 Å². The molecule has 0 unspecified atom stereocenters. The number of halogens is 3. The van der Waals surface area contributed by atoms with Crippen LogP contribution in [0, 0.1) is 11.6 Å². The molecule has 0 aliphatic heterocycles. The van der Waals surface area contributed by atoms with Gasteiger partial charge >= 0.3 is 0 Å². The molecule has 17 heavy (non-hydrogen) atoms. The molecule has 2 aromatic rings. The molecule has 0 aromatic heterocycles. The van der Waals surface area contributed by atoms with Crippen LogP contribution in [0.25, 0.3) is 0 Å². The Balaban J connectivity index is 2.10. The van der Waals surface area contributed by atoms with E-state index in [9.17, 15) is 8.78 Å². The molecule has 2 aromatic carbocycles. The molecule has 0 saturated heterocycles. The highest BCUT2D eigenvalue weighted by molar-refractivity contribution is 6.30. The Labute approximate surface area is 103 Å². The lowest BCUT2D eigenvalue weighted by Crippen LogP contribution is -2.03. The van der Waals surface area contributed by atoms with Crippen LogP contribution in [0.15, 0.2) is 42.5 Å². The Morgan fingerprint density at radius 3 is 2.59 bits per heavy atom.